The molecule has 0 aromatic rings. The van der Waals surface area contributed by atoms with Crippen LogP contribution in [0.1, 0.15) is 25.7 Å². The third-order valence-electron chi connectivity index (χ3n) is 4.78. The molecule has 4 unspecified atom stereocenters. The molecule has 3 aliphatic rings. The van der Waals surface area contributed by atoms with Gasteiger partial charge in [0.25, 0.3) is 0 Å². The van der Waals surface area contributed by atoms with E-state index in [2.05, 4.69) is 10.6 Å². The van der Waals surface area contributed by atoms with E-state index in [4.69, 9.17) is 5.11 Å². The lowest BCUT2D eigenvalue weighted by Crippen LogP contribution is -2.62. The maximum absolute atomic E-state index is 12.3. The number of carbonyl (C=O) groups excluding carboxylic acids is 2. The van der Waals surface area contributed by atoms with Gasteiger partial charge in [0.05, 0.1) is 0 Å². The third-order valence-corrected chi connectivity index (χ3v) is 4.78. The molecule has 0 aromatic carbocycles. The Labute approximate surface area is 116 Å². The highest BCUT2D eigenvalue weighted by Crippen LogP contribution is 2.44. The SMILES string of the molecule is O=C1CN(C(=O)NC2CC3CCC2C3)C(C(=O)O)CN1. The molecule has 2 aliphatic carbocycles. The van der Waals surface area contributed by atoms with Gasteiger partial charge in [0, 0.05) is 12.6 Å². The fourth-order valence-corrected chi connectivity index (χ4v) is 3.74. The summed E-state index contributed by atoms with van der Waals surface area (Å²) in [5.41, 5.74) is 0. The number of rotatable bonds is 2. The zero-order chi connectivity index (χ0) is 14.3. The Morgan fingerprint density at radius 3 is 2.70 bits per heavy atom. The molecule has 1 aliphatic heterocycles. The number of fused-ring (bicyclic) bond motifs is 2. The minimum Gasteiger partial charge on any atom is -0.480 e. The summed E-state index contributed by atoms with van der Waals surface area (Å²) in [5, 5.41) is 14.5. The largest absolute Gasteiger partial charge is 0.480 e. The Hall–Kier alpha value is -1.79. The van der Waals surface area contributed by atoms with E-state index in [1.54, 1.807) is 0 Å². The molecule has 1 saturated heterocycles. The number of carboxylic acids is 1. The number of carboxylic acid groups (broad SMARTS) is 1. The van der Waals surface area contributed by atoms with Gasteiger partial charge in [-0.15, -0.1) is 0 Å². The van der Waals surface area contributed by atoms with Crippen molar-refractivity contribution in [3.8, 4) is 0 Å². The summed E-state index contributed by atoms with van der Waals surface area (Å²) in [4.78, 5) is 35.9. The Bertz CT molecular complexity index is 453. The van der Waals surface area contributed by atoms with E-state index in [-0.39, 0.29) is 25.0 Å². The smallest absolute Gasteiger partial charge is 0.328 e. The molecule has 7 heteroatoms. The average Bonchev–Trinajstić information content (AvgIpc) is 3.00. The summed E-state index contributed by atoms with van der Waals surface area (Å²) in [7, 11) is 0. The molecule has 4 atom stereocenters. The van der Waals surface area contributed by atoms with Crippen molar-refractivity contribution in [2.75, 3.05) is 13.1 Å². The number of hydrogen-bond donors (Lipinski definition) is 3. The lowest BCUT2D eigenvalue weighted by Gasteiger charge is -2.34. The predicted octanol–water partition coefficient (Wildman–Crippen LogP) is -0.230. The van der Waals surface area contributed by atoms with E-state index < -0.39 is 18.0 Å². The summed E-state index contributed by atoms with van der Waals surface area (Å²) in [6.45, 7) is -0.220. The quantitative estimate of drug-likeness (QED) is 0.651. The molecule has 0 spiro atoms. The molecule has 2 bridgehead atoms. The first kappa shape index (κ1) is 13.2. The number of hydrogen-bond acceptors (Lipinski definition) is 3. The summed E-state index contributed by atoms with van der Waals surface area (Å²) >= 11 is 0. The molecular weight excluding hydrogens is 262 g/mol. The normalized spacial score (nSPS) is 35.8. The number of aliphatic carboxylic acids is 1. The third kappa shape index (κ3) is 2.32. The number of nitrogens with zero attached hydrogens (tertiary/aromatic N) is 1. The van der Waals surface area contributed by atoms with E-state index >= 15 is 0 Å². The first-order valence-corrected chi connectivity index (χ1v) is 7.11. The molecule has 3 N–H and O–H groups in total. The summed E-state index contributed by atoms with van der Waals surface area (Å²) < 4.78 is 0. The molecule has 20 heavy (non-hydrogen) atoms. The van der Waals surface area contributed by atoms with E-state index in [0.29, 0.717) is 11.8 Å². The first-order chi connectivity index (χ1) is 9.54. The summed E-state index contributed by atoms with van der Waals surface area (Å²) in [5.74, 6) is -0.185. The fourth-order valence-electron chi connectivity index (χ4n) is 3.74. The monoisotopic (exact) mass is 281 g/mol. The van der Waals surface area contributed by atoms with Gasteiger partial charge < -0.3 is 15.7 Å². The van der Waals surface area contributed by atoms with Crippen LogP contribution in [0, 0.1) is 11.8 Å². The zero-order valence-corrected chi connectivity index (χ0v) is 11.2. The Morgan fingerprint density at radius 1 is 1.30 bits per heavy atom. The Balaban J connectivity index is 1.65. The van der Waals surface area contributed by atoms with Crippen LogP contribution in [0.2, 0.25) is 0 Å². The molecule has 0 radical (unpaired) electrons. The second kappa shape index (κ2) is 4.96. The van der Waals surface area contributed by atoms with Crippen molar-refractivity contribution in [3.63, 3.8) is 0 Å². The van der Waals surface area contributed by atoms with E-state index in [1.807, 2.05) is 0 Å². The lowest BCUT2D eigenvalue weighted by molar-refractivity contribution is -0.144. The van der Waals surface area contributed by atoms with Crippen molar-refractivity contribution in [2.24, 2.45) is 11.8 Å². The summed E-state index contributed by atoms with van der Waals surface area (Å²) in [6.07, 6.45) is 4.52. The van der Waals surface area contributed by atoms with Gasteiger partial charge in [-0.25, -0.2) is 9.59 Å². The van der Waals surface area contributed by atoms with Gasteiger partial charge in [0.2, 0.25) is 5.91 Å². The van der Waals surface area contributed by atoms with Crippen LogP contribution in [0.3, 0.4) is 0 Å². The lowest BCUT2D eigenvalue weighted by atomic mass is 9.95. The number of carbonyl (C=O) groups is 3. The first-order valence-electron chi connectivity index (χ1n) is 7.11. The fraction of sp³-hybridized carbons (Fsp3) is 0.769. The van der Waals surface area contributed by atoms with Crippen molar-refractivity contribution < 1.29 is 19.5 Å². The highest BCUT2D eigenvalue weighted by Gasteiger charge is 2.42. The van der Waals surface area contributed by atoms with E-state index in [1.165, 1.54) is 6.42 Å². The van der Waals surface area contributed by atoms with Crippen LogP contribution in [0.4, 0.5) is 4.79 Å². The number of nitrogens with one attached hydrogen (secondary N) is 2. The van der Waals surface area contributed by atoms with Crippen molar-refractivity contribution >= 4 is 17.9 Å². The second-order valence-electron chi connectivity index (χ2n) is 6.02. The van der Waals surface area contributed by atoms with Gasteiger partial charge in [0.1, 0.15) is 12.6 Å². The van der Waals surface area contributed by atoms with Gasteiger partial charge in [-0.1, -0.05) is 6.42 Å². The Morgan fingerprint density at radius 2 is 2.10 bits per heavy atom. The van der Waals surface area contributed by atoms with Gasteiger partial charge in [0.15, 0.2) is 0 Å². The number of piperazine rings is 1. The highest BCUT2D eigenvalue weighted by atomic mass is 16.4. The van der Waals surface area contributed by atoms with Crippen LogP contribution in [0.25, 0.3) is 0 Å². The minimum atomic E-state index is -1.09. The van der Waals surface area contributed by atoms with Crippen molar-refractivity contribution in [2.45, 2.75) is 37.8 Å². The van der Waals surface area contributed by atoms with Crippen molar-refractivity contribution in [1.82, 2.24) is 15.5 Å². The molecule has 1 heterocycles. The van der Waals surface area contributed by atoms with Crippen molar-refractivity contribution in [3.05, 3.63) is 0 Å². The van der Waals surface area contributed by atoms with Crippen LogP contribution in [0.5, 0.6) is 0 Å². The molecule has 2 saturated carbocycles. The van der Waals surface area contributed by atoms with Crippen LogP contribution in [-0.2, 0) is 9.59 Å². The molecule has 7 nitrogen and oxygen atoms in total. The molecule has 110 valence electrons. The van der Waals surface area contributed by atoms with E-state index in [9.17, 15) is 14.4 Å². The van der Waals surface area contributed by atoms with Gasteiger partial charge in [-0.3, -0.25) is 9.69 Å². The molecule has 0 aromatic heterocycles. The van der Waals surface area contributed by atoms with Crippen LogP contribution in [-0.4, -0.2) is 53.1 Å². The van der Waals surface area contributed by atoms with Crippen molar-refractivity contribution in [1.29, 1.82) is 0 Å². The maximum atomic E-state index is 12.3. The Kier molecular flexibility index (Phi) is 3.27. The van der Waals surface area contributed by atoms with E-state index in [0.717, 1.165) is 24.2 Å². The van der Waals surface area contributed by atoms with Gasteiger partial charge in [-0.05, 0) is 31.1 Å². The second-order valence-corrected chi connectivity index (χ2v) is 6.02. The van der Waals surface area contributed by atoms with Crippen LogP contribution < -0.4 is 10.6 Å². The molecule has 3 amide bonds. The predicted molar refractivity (Wildman–Crippen MR) is 68.9 cm³/mol. The minimum absolute atomic E-state index is 0.0295. The van der Waals surface area contributed by atoms with Crippen LogP contribution in [0.15, 0.2) is 0 Å². The molecule has 3 fully saturated rings. The number of amides is 3. The highest BCUT2D eigenvalue weighted by molar-refractivity contribution is 5.90. The van der Waals surface area contributed by atoms with Gasteiger partial charge in [-0.2, -0.15) is 0 Å². The topological polar surface area (TPSA) is 98.7 Å². The zero-order valence-electron chi connectivity index (χ0n) is 11.2. The maximum Gasteiger partial charge on any atom is 0.328 e. The summed E-state index contributed by atoms with van der Waals surface area (Å²) in [6, 6.07) is -1.27. The van der Waals surface area contributed by atoms with Gasteiger partial charge >= 0.3 is 12.0 Å². The number of urea groups is 1. The van der Waals surface area contributed by atoms with Crippen LogP contribution >= 0.6 is 0 Å². The molecule has 3 rings (SSSR count). The average molecular weight is 281 g/mol. The molecular formula is C13H19N3O4. The standard InChI is InChI=1S/C13H19N3O4/c17-11-6-16(10(5-14-11)12(18)19)13(20)15-9-4-7-1-2-8(9)3-7/h7-10H,1-6H2,(H,14,17)(H,15,20)(H,18,19).